The Morgan fingerprint density at radius 1 is 0.871 bits per heavy atom. The maximum Gasteiger partial charge on any atom is 0.267 e. The van der Waals surface area contributed by atoms with Crippen molar-refractivity contribution in [1.82, 2.24) is 0 Å². The standard InChI is InChI=1S/C24H21N3O4/c1-29-22-13-10-19(14-23(22)30-2)27-24(28)17(15-25)16-26-18-8-11-21(12-9-18)31-20-6-4-3-5-7-20/h3-14,16,26H,1-2H3,(H,27,28)/b17-16-. The summed E-state index contributed by atoms with van der Waals surface area (Å²) in [6.07, 6.45) is 1.35. The summed E-state index contributed by atoms with van der Waals surface area (Å²) in [5, 5.41) is 15.0. The van der Waals surface area contributed by atoms with Crippen LogP contribution in [0, 0.1) is 11.3 Å². The minimum absolute atomic E-state index is 0.0839. The van der Waals surface area contributed by atoms with Crippen molar-refractivity contribution in [3.8, 4) is 29.1 Å². The van der Waals surface area contributed by atoms with Crippen molar-refractivity contribution in [3.05, 3.63) is 84.6 Å². The van der Waals surface area contributed by atoms with E-state index in [-0.39, 0.29) is 5.57 Å². The molecule has 0 aliphatic heterocycles. The number of carbonyl (C=O) groups excluding carboxylic acids is 1. The van der Waals surface area contributed by atoms with Gasteiger partial charge in [0.2, 0.25) is 0 Å². The highest BCUT2D eigenvalue weighted by atomic mass is 16.5. The summed E-state index contributed by atoms with van der Waals surface area (Å²) in [6, 6.07) is 23.4. The first-order valence-electron chi connectivity index (χ1n) is 9.36. The van der Waals surface area contributed by atoms with E-state index in [4.69, 9.17) is 14.2 Å². The van der Waals surface area contributed by atoms with Gasteiger partial charge in [-0.3, -0.25) is 4.79 Å². The minimum Gasteiger partial charge on any atom is -0.493 e. The zero-order valence-corrected chi connectivity index (χ0v) is 17.1. The fourth-order valence-corrected chi connectivity index (χ4v) is 2.66. The van der Waals surface area contributed by atoms with Crippen molar-refractivity contribution >= 4 is 17.3 Å². The summed E-state index contributed by atoms with van der Waals surface area (Å²) in [7, 11) is 3.03. The zero-order chi connectivity index (χ0) is 22.1. The van der Waals surface area contributed by atoms with E-state index in [0.717, 1.165) is 5.75 Å². The van der Waals surface area contributed by atoms with Gasteiger partial charge >= 0.3 is 0 Å². The Labute approximate surface area is 180 Å². The Hall–Kier alpha value is -4.44. The molecule has 0 unspecified atom stereocenters. The van der Waals surface area contributed by atoms with E-state index in [2.05, 4.69) is 10.6 Å². The Kier molecular flexibility index (Phi) is 7.12. The molecular formula is C24H21N3O4. The second kappa shape index (κ2) is 10.4. The first kappa shape index (κ1) is 21.3. The molecule has 2 N–H and O–H groups in total. The number of amides is 1. The predicted molar refractivity (Wildman–Crippen MR) is 118 cm³/mol. The number of benzene rings is 3. The average molecular weight is 415 g/mol. The first-order valence-corrected chi connectivity index (χ1v) is 9.36. The summed E-state index contributed by atoms with van der Waals surface area (Å²) >= 11 is 0. The smallest absolute Gasteiger partial charge is 0.267 e. The fourth-order valence-electron chi connectivity index (χ4n) is 2.66. The molecule has 0 atom stereocenters. The molecule has 1 amide bonds. The third kappa shape index (κ3) is 5.78. The quantitative estimate of drug-likeness (QED) is 0.399. The van der Waals surface area contributed by atoms with Crippen LogP contribution in [0.25, 0.3) is 0 Å². The Balaban J connectivity index is 1.63. The number of methoxy groups -OCH3 is 2. The molecule has 0 aliphatic carbocycles. The molecule has 0 heterocycles. The van der Waals surface area contributed by atoms with E-state index >= 15 is 0 Å². The molecular weight excluding hydrogens is 394 g/mol. The van der Waals surface area contributed by atoms with E-state index < -0.39 is 5.91 Å². The van der Waals surface area contributed by atoms with Gasteiger partial charge in [0, 0.05) is 23.6 Å². The van der Waals surface area contributed by atoms with Crippen LogP contribution in [-0.2, 0) is 4.79 Å². The lowest BCUT2D eigenvalue weighted by atomic mass is 10.2. The normalized spacial score (nSPS) is 10.5. The van der Waals surface area contributed by atoms with E-state index in [1.54, 1.807) is 42.5 Å². The largest absolute Gasteiger partial charge is 0.493 e. The predicted octanol–water partition coefficient (Wildman–Crippen LogP) is 4.95. The summed E-state index contributed by atoms with van der Waals surface area (Å²) in [5.41, 5.74) is 1.10. The maximum absolute atomic E-state index is 12.4. The molecule has 0 bridgehead atoms. The van der Waals surface area contributed by atoms with Crippen LogP contribution in [0.5, 0.6) is 23.0 Å². The van der Waals surface area contributed by atoms with Crippen LogP contribution in [0.4, 0.5) is 11.4 Å². The number of nitrogens with zero attached hydrogens (tertiary/aromatic N) is 1. The summed E-state index contributed by atoms with van der Waals surface area (Å²) in [4.78, 5) is 12.4. The molecule has 3 rings (SSSR count). The van der Waals surface area contributed by atoms with Crippen LogP contribution in [0.1, 0.15) is 0 Å². The topological polar surface area (TPSA) is 92.6 Å². The fraction of sp³-hybridized carbons (Fsp3) is 0.0833. The maximum atomic E-state index is 12.4. The van der Waals surface area contributed by atoms with Crippen molar-refractivity contribution in [2.75, 3.05) is 24.9 Å². The van der Waals surface area contributed by atoms with Gasteiger partial charge in [-0.15, -0.1) is 0 Å². The van der Waals surface area contributed by atoms with Gasteiger partial charge in [0.15, 0.2) is 11.5 Å². The van der Waals surface area contributed by atoms with Crippen LogP contribution >= 0.6 is 0 Å². The molecule has 3 aromatic rings. The molecule has 0 spiro atoms. The average Bonchev–Trinajstić information content (AvgIpc) is 2.81. The van der Waals surface area contributed by atoms with Crippen molar-refractivity contribution in [1.29, 1.82) is 5.26 Å². The number of nitrogens with one attached hydrogen (secondary N) is 2. The first-order chi connectivity index (χ1) is 15.1. The third-order valence-corrected chi connectivity index (χ3v) is 4.22. The number of para-hydroxylation sites is 1. The second-order valence-electron chi connectivity index (χ2n) is 6.28. The molecule has 0 saturated carbocycles. The highest BCUT2D eigenvalue weighted by molar-refractivity contribution is 6.06. The van der Waals surface area contributed by atoms with Gasteiger partial charge in [0.05, 0.1) is 14.2 Å². The molecule has 0 saturated heterocycles. The molecule has 0 fully saturated rings. The van der Waals surface area contributed by atoms with Gasteiger partial charge in [0.25, 0.3) is 5.91 Å². The lowest BCUT2D eigenvalue weighted by Crippen LogP contribution is -2.14. The summed E-state index contributed by atoms with van der Waals surface area (Å²) in [6.45, 7) is 0. The molecule has 7 heteroatoms. The van der Waals surface area contributed by atoms with Crippen molar-refractivity contribution in [3.63, 3.8) is 0 Å². The van der Waals surface area contributed by atoms with Crippen LogP contribution in [0.2, 0.25) is 0 Å². The Morgan fingerprint density at radius 3 is 2.16 bits per heavy atom. The van der Waals surface area contributed by atoms with E-state index in [1.807, 2.05) is 36.4 Å². The lowest BCUT2D eigenvalue weighted by Gasteiger charge is -2.10. The van der Waals surface area contributed by atoms with E-state index in [9.17, 15) is 10.1 Å². The second-order valence-corrected chi connectivity index (χ2v) is 6.28. The van der Waals surface area contributed by atoms with Crippen LogP contribution in [-0.4, -0.2) is 20.1 Å². The molecule has 0 aromatic heterocycles. The van der Waals surface area contributed by atoms with Gasteiger partial charge in [-0.1, -0.05) is 18.2 Å². The van der Waals surface area contributed by atoms with Crippen molar-refractivity contribution < 1.29 is 19.0 Å². The number of carbonyl (C=O) groups is 1. The number of nitriles is 1. The number of hydrogen-bond acceptors (Lipinski definition) is 6. The SMILES string of the molecule is COc1ccc(NC(=O)/C(C#N)=C\Nc2ccc(Oc3ccccc3)cc2)cc1OC. The van der Waals surface area contributed by atoms with Gasteiger partial charge in [-0.05, 0) is 48.5 Å². The zero-order valence-electron chi connectivity index (χ0n) is 17.1. The van der Waals surface area contributed by atoms with Crippen LogP contribution in [0.15, 0.2) is 84.6 Å². The number of hydrogen-bond donors (Lipinski definition) is 2. The van der Waals surface area contributed by atoms with E-state index in [0.29, 0.717) is 28.6 Å². The summed E-state index contributed by atoms with van der Waals surface area (Å²) in [5.74, 6) is 1.87. The summed E-state index contributed by atoms with van der Waals surface area (Å²) < 4.78 is 16.1. The molecule has 0 radical (unpaired) electrons. The van der Waals surface area contributed by atoms with Crippen LogP contribution < -0.4 is 24.8 Å². The molecule has 31 heavy (non-hydrogen) atoms. The van der Waals surface area contributed by atoms with Gasteiger partial charge in [-0.25, -0.2) is 0 Å². The lowest BCUT2D eigenvalue weighted by molar-refractivity contribution is -0.112. The number of ether oxygens (including phenoxy) is 3. The molecule has 156 valence electrons. The van der Waals surface area contributed by atoms with Gasteiger partial charge < -0.3 is 24.8 Å². The monoisotopic (exact) mass is 415 g/mol. The highest BCUT2D eigenvalue weighted by Crippen LogP contribution is 2.30. The van der Waals surface area contributed by atoms with Crippen LogP contribution in [0.3, 0.4) is 0 Å². The number of anilines is 2. The number of rotatable bonds is 8. The molecule has 7 nitrogen and oxygen atoms in total. The van der Waals surface area contributed by atoms with Crippen molar-refractivity contribution in [2.45, 2.75) is 0 Å². The van der Waals surface area contributed by atoms with E-state index in [1.165, 1.54) is 20.4 Å². The molecule has 3 aromatic carbocycles. The highest BCUT2D eigenvalue weighted by Gasteiger charge is 2.11. The van der Waals surface area contributed by atoms with Gasteiger partial charge in [0.1, 0.15) is 23.1 Å². The third-order valence-electron chi connectivity index (χ3n) is 4.22. The minimum atomic E-state index is -0.550. The van der Waals surface area contributed by atoms with Gasteiger partial charge in [-0.2, -0.15) is 5.26 Å². The Bertz CT molecular complexity index is 1100. The molecule has 0 aliphatic rings. The Morgan fingerprint density at radius 2 is 1.52 bits per heavy atom. The van der Waals surface area contributed by atoms with Crippen molar-refractivity contribution in [2.24, 2.45) is 0 Å².